The SMILES string of the molecule is C=CC(=O)Nc1ccccc1C(=O)NCCNC(=O)c1ccc(F)cc1F. The van der Waals surface area contributed by atoms with Gasteiger partial charge in [0.25, 0.3) is 11.8 Å². The van der Waals surface area contributed by atoms with Gasteiger partial charge in [-0.15, -0.1) is 0 Å². The number of anilines is 1. The molecule has 0 bridgehead atoms. The van der Waals surface area contributed by atoms with Gasteiger partial charge in [0, 0.05) is 19.2 Å². The van der Waals surface area contributed by atoms with Gasteiger partial charge in [0.05, 0.1) is 16.8 Å². The summed E-state index contributed by atoms with van der Waals surface area (Å²) in [6.07, 6.45) is 1.08. The molecule has 0 unspecified atom stereocenters. The minimum absolute atomic E-state index is 0.0303. The molecule has 0 saturated carbocycles. The lowest BCUT2D eigenvalue weighted by Gasteiger charge is -2.11. The van der Waals surface area contributed by atoms with E-state index in [0.717, 1.165) is 18.2 Å². The lowest BCUT2D eigenvalue weighted by molar-refractivity contribution is -0.111. The van der Waals surface area contributed by atoms with Gasteiger partial charge < -0.3 is 16.0 Å². The van der Waals surface area contributed by atoms with E-state index in [1.165, 1.54) is 6.07 Å². The summed E-state index contributed by atoms with van der Waals surface area (Å²) in [6, 6.07) is 9.02. The Hall–Kier alpha value is -3.55. The molecule has 3 N–H and O–H groups in total. The fourth-order valence-corrected chi connectivity index (χ4v) is 2.19. The first-order chi connectivity index (χ1) is 12.9. The third-order valence-electron chi connectivity index (χ3n) is 3.49. The molecule has 0 aliphatic carbocycles. The topological polar surface area (TPSA) is 87.3 Å². The van der Waals surface area contributed by atoms with E-state index in [0.29, 0.717) is 11.8 Å². The van der Waals surface area contributed by atoms with E-state index >= 15 is 0 Å². The lowest BCUT2D eigenvalue weighted by atomic mass is 10.1. The van der Waals surface area contributed by atoms with E-state index in [9.17, 15) is 23.2 Å². The summed E-state index contributed by atoms with van der Waals surface area (Å²) in [5.74, 6) is -3.39. The molecule has 0 heterocycles. The molecule has 27 heavy (non-hydrogen) atoms. The van der Waals surface area contributed by atoms with Crippen molar-refractivity contribution in [2.75, 3.05) is 18.4 Å². The summed E-state index contributed by atoms with van der Waals surface area (Å²) in [5.41, 5.74) is 0.265. The van der Waals surface area contributed by atoms with E-state index in [1.54, 1.807) is 18.2 Å². The summed E-state index contributed by atoms with van der Waals surface area (Å²) < 4.78 is 26.4. The van der Waals surface area contributed by atoms with Gasteiger partial charge in [0.1, 0.15) is 11.6 Å². The van der Waals surface area contributed by atoms with E-state index in [1.807, 2.05) is 0 Å². The van der Waals surface area contributed by atoms with Crippen LogP contribution >= 0.6 is 0 Å². The number of halogens is 2. The predicted molar refractivity (Wildman–Crippen MR) is 96.3 cm³/mol. The van der Waals surface area contributed by atoms with Crippen LogP contribution in [0.3, 0.4) is 0 Å². The third-order valence-corrected chi connectivity index (χ3v) is 3.49. The fraction of sp³-hybridized carbons (Fsp3) is 0.105. The van der Waals surface area contributed by atoms with Crippen molar-refractivity contribution in [3.63, 3.8) is 0 Å². The van der Waals surface area contributed by atoms with E-state index in [4.69, 9.17) is 0 Å². The molecule has 0 aliphatic heterocycles. The van der Waals surface area contributed by atoms with Crippen molar-refractivity contribution >= 4 is 23.4 Å². The standard InChI is InChI=1S/C19H17F2N3O3/c1-2-17(25)24-16-6-4-3-5-14(16)19(27)23-10-9-22-18(26)13-8-7-12(20)11-15(13)21/h2-8,11H,1,9-10H2,(H,22,26)(H,23,27)(H,24,25). The number of benzene rings is 2. The molecule has 0 fully saturated rings. The quantitative estimate of drug-likeness (QED) is 0.514. The minimum Gasteiger partial charge on any atom is -0.350 e. The molecule has 2 aromatic rings. The summed E-state index contributed by atoms with van der Waals surface area (Å²) in [5, 5.41) is 7.52. The molecule has 2 rings (SSSR count). The normalized spacial score (nSPS) is 10.0. The summed E-state index contributed by atoms with van der Waals surface area (Å²) >= 11 is 0. The number of amides is 3. The van der Waals surface area contributed by atoms with Crippen molar-refractivity contribution in [2.45, 2.75) is 0 Å². The highest BCUT2D eigenvalue weighted by molar-refractivity contribution is 6.06. The zero-order valence-corrected chi connectivity index (χ0v) is 14.2. The van der Waals surface area contributed by atoms with Crippen LogP contribution in [0.25, 0.3) is 0 Å². The molecule has 0 spiro atoms. The molecule has 0 aliphatic rings. The Labute approximate surface area is 154 Å². The summed E-state index contributed by atoms with van der Waals surface area (Å²) in [6.45, 7) is 3.44. The number of rotatable bonds is 7. The van der Waals surface area contributed by atoms with Crippen LogP contribution in [-0.4, -0.2) is 30.8 Å². The van der Waals surface area contributed by atoms with E-state index in [2.05, 4.69) is 22.5 Å². The maximum atomic E-state index is 13.5. The van der Waals surface area contributed by atoms with Crippen LogP contribution in [0, 0.1) is 11.6 Å². The largest absolute Gasteiger partial charge is 0.350 e. The first kappa shape index (κ1) is 19.8. The molecule has 8 heteroatoms. The summed E-state index contributed by atoms with van der Waals surface area (Å²) in [4.78, 5) is 35.5. The van der Waals surface area contributed by atoms with Gasteiger partial charge in [-0.3, -0.25) is 14.4 Å². The van der Waals surface area contributed by atoms with Crippen LogP contribution in [0.4, 0.5) is 14.5 Å². The molecule has 0 aromatic heterocycles. The van der Waals surface area contributed by atoms with Gasteiger partial charge in [-0.2, -0.15) is 0 Å². The van der Waals surface area contributed by atoms with Gasteiger partial charge in [0.2, 0.25) is 5.91 Å². The zero-order valence-electron chi connectivity index (χ0n) is 14.2. The molecule has 2 aromatic carbocycles. The van der Waals surface area contributed by atoms with Crippen LogP contribution < -0.4 is 16.0 Å². The Morgan fingerprint density at radius 2 is 1.56 bits per heavy atom. The van der Waals surface area contributed by atoms with Crippen LogP contribution in [-0.2, 0) is 4.79 Å². The average Bonchev–Trinajstić information content (AvgIpc) is 2.65. The Kier molecular flexibility index (Phi) is 6.76. The molecule has 140 valence electrons. The van der Waals surface area contributed by atoms with Gasteiger partial charge in [-0.25, -0.2) is 8.78 Å². The smallest absolute Gasteiger partial charge is 0.254 e. The molecular weight excluding hydrogens is 356 g/mol. The Morgan fingerprint density at radius 1 is 0.926 bits per heavy atom. The van der Waals surface area contributed by atoms with Crippen molar-refractivity contribution in [2.24, 2.45) is 0 Å². The molecule has 6 nitrogen and oxygen atoms in total. The molecule has 0 atom stereocenters. The van der Waals surface area contributed by atoms with Crippen LogP contribution in [0.15, 0.2) is 55.1 Å². The van der Waals surface area contributed by atoms with Crippen LogP contribution in [0.5, 0.6) is 0 Å². The predicted octanol–water partition coefficient (Wildman–Crippen LogP) is 2.25. The highest BCUT2D eigenvalue weighted by atomic mass is 19.1. The monoisotopic (exact) mass is 373 g/mol. The second-order valence-electron chi connectivity index (χ2n) is 5.37. The number of para-hydroxylation sites is 1. The minimum atomic E-state index is -0.969. The number of carbonyl (C=O) groups is 3. The number of nitrogens with one attached hydrogen (secondary N) is 3. The maximum absolute atomic E-state index is 13.5. The first-order valence-electron chi connectivity index (χ1n) is 7.96. The second-order valence-corrected chi connectivity index (χ2v) is 5.37. The molecular formula is C19H17F2N3O3. The van der Waals surface area contributed by atoms with Crippen molar-refractivity contribution in [1.29, 1.82) is 0 Å². The van der Waals surface area contributed by atoms with E-state index < -0.39 is 29.4 Å². The highest BCUT2D eigenvalue weighted by Crippen LogP contribution is 2.14. The number of carbonyl (C=O) groups excluding carboxylic acids is 3. The van der Waals surface area contributed by atoms with E-state index in [-0.39, 0.29) is 24.2 Å². The highest BCUT2D eigenvalue weighted by Gasteiger charge is 2.13. The van der Waals surface area contributed by atoms with Crippen LogP contribution in [0.1, 0.15) is 20.7 Å². The lowest BCUT2D eigenvalue weighted by Crippen LogP contribution is -2.35. The second kappa shape index (κ2) is 9.23. The van der Waals surface area contributed by atoms with Crippen LogP contribution in [0.2, 0.25) is 0 Å². The van der Waals surface area contributed by atoms with Gasteiger partial charge in [-0.05, 0) is 30.3 Å². The number of hydrogen-bond donors (Lipinski definition) is 3. The third kappa shape index (κ3) is 5.46. The molecule has 0 saturated heterocycles. The zero-order chi connectivity index (χ0) is 19.8. The summed E-state index contributed by atoms with van der Waals surface area (Å²) in [7, 11) is 0. The Bertz CT molecular complexity index is 884. The number of hydrogen-bond acceptors (Lipinski definition) is 3. The van der Waals surface area contributed by atoms with Crippen molar-refractivity contribution < 1.29 is 23.2 Å². The van der Waals surface area contributed by atoms with Crippen molar-refractivity contribution in [3.8, 4) is 0 Å². The Balaban J connectivity index is 1.88. The fourth-order valence-electron chi connectivity index (χ4n) is 2.19. The molecule has 3 amide bonds. The van der Waals surface area contributed by atoms with Gasteiger partial charge in [-0.1, -0.05) is 18.7 Å². The first-order valence-corrected chi connectivity index (χ1v) is 7.96. The maximum Gasteiger partial charge on any atom is 0.254 e. The van der Waals surface area contributed by atoms with Crippen molar-refractivity contribution in [1.82, 2.24) is 10.6 Å². The van der Waals surface area contributed by atoms with Crippen molar-refractivity contribution in [3.05, 3.63) is 77.9 Å². The Morgan fingerprint density at radius 3 is 2.19 bits per heavy atom. The average molecular weight is 373 g/mol. The molecule has 0 radical (unpaired) electrons. The van der Waals surface area contributed by atoms with Gasteiger partial charge >= 0.3 is 0 Å². The van der Waals surface area contributed by atoms with Gasteiger partial charge in [0.15, 0.2) is 0 Å².